The molecule has 20 heavy (non-hydrogen) atoms. The second kappa shape index (κ2) is 6.27. The molecule has 1 heterocycles. The lowest BCUT2D eigenvalue weighted by atomic mass is 9.77. The van der Waals surface area contributed by atoms with Gasteiger partial charge in [0.25, 0.3) is 0 Å². The third-order valence-electron chi connectivity index (χ3n) is 4.04. The van der Waals surface area contributed by atoms with Crippen molar-refractivity contribution in [1.82, 2.24) is 10.6 Å². The lowest BCUT2D eigenvalue weighted by Gasteiger charge is -2.38. The van der Waals surface area contributed by atoms with Gasteiger partial charge in [-0.3, -0.25) is 4.79 Å². The number of piperidine rings is 1. The topological polar surface area (TPSA) is 50.4 Å². The van der Waals surface area contributed by atoms with Crippen molar-refractivity contribution in [2.45, 2.75) is 39.3 Å². The van der Waals surface area contributed by atoms with Gasteiger partial charge in [0.2, 0.25) is 5.91 Å². The monoisotopic (exact) mass is 276 g/mol. The lowest BCUT2D eigenvalue weighted by Crippen LogP contribution is -2.55. The third-order valence-corrected chi connectivity index (χ3v) is 4.04. The van der Waals surface area contributed by atoms with Crippen LogP contribution in [0.1, 0.15) is 32.3 Å². The maximum absolute atomic E-state index is 12.4. The number of methoxy groups -OCH3 is 1. The molecule has 4 heteroatoms. The Balaban J connectivity index is 1.98. The van der Waals surface area contributed by atoms with Crippen molar-refractivity contribution in [3.05, 3.63) is 29.8 Å². The van der Waals surface area contributed by atoms with E-state index < -0.39 is 0 Å². The Labute approximate surface area is 120 Å². The summed E-state index contributed by atoms with van der Waals surface area (Å²) in [5.74, 6) is 0.879. The number of hydrogen-bond acceptors (Lipinski definition) is 3. The van der Waals surface area contributed by atoms with E-state index >= 15 is 0 Å². The quantitative estimate of drug-likeness (QED) is 0.885. The Morgan fingerprint density at radius 3 is 2.90 bits per heavy atom. The number of nitrogens with one attached hydrogen (secondary N) is 2. The highest BCUT2D eigenvalue weighted by Crippen LogP contribution is 2.30. The molecule has 1 saturated heterocycles. The molecule has 0 saturated carbocycles. The van der Waals surface area contributed by atoms with Crippen molar-refractivity contribution in [3.63, 3.8) is 0 Å². The average Bonchev–Trinajstić information content (AvgIpc) is 2.44. The fourth-order valence-electron chi connectivity index (χ4n) is 2.79. The van der Waals surface area contributed by atoms with E-state index in [0.717, 1.165) is 30.7 Å². The molecule has 2 rings (SSSR count). The van der Waals surface area contributed by atoms with E-state index in [-0.39, 0.29) is 17.4 Å². The second-order valence-electron chi connectivity index (χ2n) is 6.01. The van der Waals surface area contributed by atoms with Crippen molar-refractivity contribution in [3.8, 4) is 5.75 Å². The molecule has 1 atom stereocenters. The Morgan fingerprint density at radius 1 is 1.45 bits per heavy atom. The number of benzene rings is 1. The summed E-state index contributed by atoms with van der Waals surface area (Å²) >= 11 is 0. The predicted molar refractivity (Wildman–Crippen MR) is 79.6 cm³/mol. The van der Waals surface area contributed by atoms with Gasteiger partial charge in [0.05, 0.1) is 13.2 Å². The predicted octanol–water partition coefficient (Wildman–Crippen LogP) is 2.09. The molecule has 2 N–H and O–H groups in total. The Morgan fingerprint density at radius 2 is 2.20 bits per heavy atom. The van der Waals surface area contributed by atoms with E-state index in [4.69, 9.17) is 4.74 Å². The molecule has 0 bridgehead atoms. The summed E-state index contributed by atoms with van der Waals surface area (Å²) in [7, 11) is 1.65. The van der Waals surface area contributed by atoms with Crippen LogP contribution in [0.5, 0.6) is 5.75 Å². The summed E-state index contributed by atoms with van der Waals surface area (Å²) in [6, 6.07) is 7.64. The number of ether oxygens (including phenoxy) is 1. The van der Waals surface area contributed by atoms with Crippen LogP contribution in [-0.4, -0.2) is 25.6 Å². The van der Waals surface area contributed by atoms with E-state index in [9.17, 15) is 4.79 Å². The van der Waals surface area contributed by atoms with Gasteiger partial charge in [-0.2, -0.15) is 0 Å². The summed E-state index contributed by atoms with van der Waals surface area (Å²) in [6.45, 7) is 5.70. The SMILES string of the molecule is COc1ccccc1CNC(=O)C1NCCCC1(C)C. The molecule has 1 aromatic carbocycles. The summed E-state index contributed by atoms with van der Waals surface area (Å²) in [5, 5.41) is 6.35. The first-order valence-electron chi connectivity index (χ1n) is 7.17. The number of carbonyl (C=O) groups excluding carboxylic acids is 1. The standard InChI is InChI=1S/C16H24N2O2/c1-16(2)9-6-10-17-14(16)15(19)18-11-12-7-4-5-8-13(12)20-3/h4-5,7-8,14,17H,6,9-11H2,1-3H3,(H,18,19). The van der Waals surface area contributed by atoms with Crippen LogP contribution in [0.2, 0.25) is 0 Å². The first-order chi connectivity index (χ1) is 9.54. The van der Waals surface area contributed by atoms with E-state index in [1.807, 2.05) is 24.3 Å². The fourth-order valence-corrected chi connectivity index (χ4v) is 2.79. The van der Waals surface area contributed by atoms with Crippen LogP contribution in [0.25, 0.3) is 0 Å². The molecule has 1 amide bonds. The smallest absolute Gasteiger partial charge is 0.237 e. The van der Waals surface area contributed by atoms with Crippen LogP contribution in [0.3, 0.4) is 0 Å². The lowest BCUT2D eigenvalue weighted by molar-refractivity contribution is -0.126. The van der Waals surface area contributed by atoms with E-state index in [0.29, 0.717) is 6.54 Å². The number of amides is 1. The molecule has 1 aliphatic heterocycles. The Hall–Kier alpha value is -1.55. The fraction of sp³-hybridized carbons (Fsp3) is 0.562. The molecule has 1 aliphatic rings. The van der Waals surface area contributed by atoms with Crippen molar-refractivity contribution in [2.75, 3.05) is 13.7 Å². The van der Waals surface area contributed by atoms with Gasteiger partial charge in [-0.1, -0.05) is 32.0 Å². The van der Waals surface area contributed by atoms with Gasteiger partial charge in [-0.15, -0.1) is 0 Å². The maximum atomic E-state index is 12.4. The van der Waals surface area contributed by atoms with Crippen LogP contribution in [-0.2, 0) is 11.3 Å². The number of rotatable bonds is 4. The summed E-state index contributed by atoms with van der Waals surface area (Å²) < 4.78 is 5.30. The molecule has 0 radical (unpaired) electrons. The van der Waals surface area contributed by atoms with Gasteiger partial charge in [0.1, 0.15) is 5.75 Å². The first kappa shape index (κ1) is 14.9. The molecule has 4 nitrogen and oxygen atoms in total. The number of carbonyl (C=O) groups is 1. The number of hydrogen-bond donors (Lipinski definition) is 2. The minimum Gasteiger partial charge on any atom is -0.496 e. The van der Waals surface area contributed by atoms with Gasteiger partial charge < -0.3 is 15.4 Å². The summed E-state index contributed by atoms with van der Waals surface area (Å²) in [5.41, 5.74) is 1.00. The van der Waals surface area contributed by atoms with Gasteiger partial charge in [0.15, 0.2) is 0 Å². The molecule has 1 fully saturated rings. The van der Waals surface area contributed by atoms with Crippen molar-refractivity contribution in [2.24, 2.45) is 5.41 Å². The highest BCUT2D eigenvalue weighted by Gasteiger charge is 2.36. The maximum Gasteiger partial charge on any atom is 0.237 e. The minimum atomic E-state index is -0.119. The zero-order valence-electron chi connectivity index (χ0n) is 12.5. The van der Waals surface area contributed by atoms with Gasteiger partial charge >= 0.3 is 0 Å². The third kappa shape index (κ3) is 3.31. The minimum absolute atomic E-state index is 0.00308. The first-order valence-corrected chi connectivity index (χ1v) is 7.17. The molecule has 1 unspecified atom stereocenters. The average molecular weight is 276 g/mol. The molecule has 1 aromatic rings. The zero-order valence-corrected chi connectivity index (χ0v) is 12.5. The van der Waals surface area contributed by atoms with Gasteiger partial charge in [-0.25, -0.2) is 0 Å². The highest BCUT2D eigenvalue weighted by molar-refractivity contribution is 5.82. The summed E-state index contributed by atoms with van der Waals surface area (Å²) in [6.07, 6.45) is 2.20. The van der Waals surface area contributed by atoms with Gasteiger partial charge in [-0.05, 0) is 30.9 Å². The van der Waals surface area contributed by atoms with Crippen LogP contribution >= 0.6 is 0 Å². The Kier molecular flexibility index (Phi) is 4.65. The van der Waals surface area contributed by atoms with Crippen LogP contribution < -0.4 is 15.4 Å². The van der Waals surface area contributed by atoms with Crippen LogP contribution in [0.15, 0.2) is 24.3 Å². The molecule has 0 spiro atoms. The highest BCUT2D eigenvalue weighted by atomic mass is 16.5. The van der Waals surface area contributed by atoms with Crippen molar-refractivity contribution >= 4 is 5.91 Å². The number of para-hydroxylation sites is 1. The van der Waals surface area contributed by atoms with Crippen molar-refractivity contribution in [1.29, 1.82) is 0 Å². The van der Waals surface area contributed by atoms with Crippen molar-refractivity contribution < 1.29 is 9.53 Å². The van der Waals surface area contributed by atoms with E-state index in [1.54, 1.807) is 7.11 Å². The summed E-state index contributed by atoms with van der Waals surface area (Å²) in [4.78, 5) is 12.4. The normalized spacial score (nSPS) is 21.2. The molecular formula is C16H24N2O2. The largest absolute Gasteiger partial charge is 0.496 e. The second-order valence-corrected chi connectivity index (χ2v) is 6.01. The van der Waals surface area contributed by atoms with E-state index in [1.165, 1.54) is 0 Å². The molecule has 0 aromatic heterocycles. The molecule has 0 aliphatic carbocycles. The van der Waals surface area contributed by atoms with Crippen LogP contribution in [0, 0.1) is 5.41 Å². The van der Waals surface area contributed by atoms with Gasteiger partial charge in [0, 0.05) is 12.1 Å². The zero-order chi connectivity index (χ0) is 14.6. The molecule has 110 valence electrons. The Bertz CT molecular complexity index is 471. The molecular weight excluding hydrogens is 252 g/mol. The van der Waals surface area contributed by atoms with E-state index in [2.05, 4.69) is 24.5 Å². The van der Waals surface area contributed by atoms with Crippen LogP contribution in [0.4, 0.5) is 0 Å².